The summed E-state index contributed by atoms with van der Waals surface area (Å²) in [7, 11) is 0. The van der Waals surface area contributed by atoms with Crippen LogP contribution < -0.4 is 5.73 Å². The number of hydrogen-bond acceptors (Lipinski definition) is 7. The average molecular weight is 212 g/mol. The molecule has 13 heavy (non-hydrogen) atoms. The fourth-order valence-electron chi connectivity index (χ4n) is 0.772. The third-order valence-electron chi connectivity index (χ3n) is 1.28. The van der Waals surface area contributed by atoms with Crippen LogP contribution in [0.25, 0.3) is 10.7 Å². The maximum Gasteiger partial charge on any atom is 0.180 e. The van der Waals surface area contributed by atoms with Crippen LogP contribution in [0.4, 0.5) is 5.13 Å². The molecule has 7 heteroatoms. The Morgan fingerprint density at radius 1 is 1.46 bits per heavy atom. The summed E-state index contributed by atoms with van der Waals surface area (Å²) in [6, 6.07) is 0. The number of nitrogens with two attached hydrogens (primary N) is 1. The number of aldehydes is 1. The van der Waals surface area contributed by atoms with Gasteiger partial charge in [-0.25, -0.2) is 4.98 Å². The Labute approximate surface area is 81.3 Å². The van der Waals surface area contributed by atoms with Crippen LogP contribution in [0.1, 0.15) is 9.80 Å². The number of thiazole rings is 1. The minimum Gasteiger partial charge on any atom is -0.375 e. The Morgan fingerprint density at radius 2 is 2.31 bits per heavy atom. The molecule has 0 unspecified atom stereocenters. The zero-order valence-electron chi connectivity index (χ0n) is 6.30. The van der Waals surface area contributed by atoms with Crippen molar-refractivity contribution in [3.63, 3.8) is 0 Å². The van der Waals surface area contributed by atoms with Crippen LogP contribution >= 0.6 is 22.7 Å². The van der Waals surface area contributed by atoms with Crippen molar-refractivity contribution < 1.29 is 4.79 Å². The fraction of sp³-hybridized carbons (Fsp3) is 0. The highest BCUT2D eigenvalue weighted by Crippen LogP contribution is 2.25. The third-order valence-corrected chi connectivity index (χ3v) is 2.83. The number of hydrogen-bond donors (Lipinski definition) is 1. The van der Waals surface area contributed by atoms with Gasteiger partial charge in [0.25, 0.3) is 0 Å². The molecule has 2 N–H and O–H groups in total. The van der Waals surface area contributed by atoms with E-state index in [1.54, 1.807) is 5.38 Å². The second-order valence-electron chi connectivity index (χ2n) is 2.13. The van der Waals surface area contributed by atoms with Gasteiger partial charge >= 0.3 is 0 Å². The standard InChI is InChI=1S/C6H4N4OS2/c7-6-8-3(2-12-6)5-10-9-4(1-11)13-5/h1-2H,(H2,7,8). The number of nitrogens with zero attached hydrogens (tertiary/aromatic N) is 3. The lowest BCUT2D eigenvalue weighted by Gasteiger charge is -1.82. The Balaban J connectivity index is 2.40. The van der Waals surface area contributed by atoms with E-state index < -0.39 is 0 Å². The van der Waals surface area contributed by atoms with Crippen molar-refractivity contribution in [2.75, 3.05) is 5.73 Å². The molecule has 0 aliphatic carbocycles. The summed E-state index contributed by atoms with van der Waals surface area (Å²) >= 11 is 2.53. The van der Waals surface area contributed by atoms with Gasteiger partial charge in [-0.2, -0.15) is 0 Å². The van der Waals surface area contributed by atoms with Gasteiger partial charge in [0.15, 0.2) is 21.4 Å². The Bertz CT molecular complexity index is 435. The smallest absolute Gasteiger partial charge is 0.180 e. The zero-order chi connectivity index (χ0) is 9.26. The second-order valence-corrected chi connectivity index (χ2v) is 4.03. The van der Waals surface area contributed by atoms with E-state index in [1.165, 1.54) is 22.7 Å². The van der Waals surface area contributed by atoms with Crippen molar-refractivity contribution in [3.05, 3.63) is 10.4 Å². The molecular weight excluding hydrogens is 208 g/mol. The van der Waals surface area contributed by atoms with Crippen LogP contribution in [0.5, 0.6) is 0 Å². The molecule has 0 saturated carbocycles. The van der Waals surface area contributed by atoms with Crippen LogP contribution in [0.15, 0.2) is 5.38 Å². The summed E-state index contributed by atoms with van der Waals surface area (Å²) < 4.78 is 0. The summed E-state index contributed by atoms with van der Waals surface area (Å²) in [6.07, 6.45) is 0.664. The minimum atomic E-state index is 0.349. The molecule has 66 valence electrons. The van der Waals surface area contributed by atoms with Crippen LogP contribution in [0.3, 0.4) is 0 Å². The number of nitrogen functional groups attached to an aromatic ring is 1. The first-order valence-electron chi connectivity index (χ1n) is 3.29. The highest BCUT2D eigenvalue weighted by atomic mass is 32.1. The average Bonchev–Trinajstić information content (AvgIpc) is 2.71. The third kappa shape index (κ3) is 1.56. The van der Waals surface area contributed by atoms with Gasteiger partial charge in [0.1, 0.15) is 5.69 Å². The van der Waals surface area contributed by atoms with Gasteiger partial charge in [-0.15, -0.1) is 21.5 Å². The topological polar surface area (TPSA) is 81.8 Å². The molecule has 0 radical (unpaired) electrons. The largest absolute Gasteiger partial charge is 0.375 e. The van der Waals surface area contributed by atoms with Crippen molar-refractivity contribution in [2.24, 2.45) is 0 Å². The molecular formula is C6H4N4OS2. The quantitative estimate of drug-likeness (QED) is 0.752. The number of carbonyl (C=O) groups excluding carboxylic acids is 1. The van der Waals surface area contributed by atoms with Gasteiger partial charge in [-0.05, 0) is 0 Å². The molecule has 0 atom stereocenters. The summed E-state index contributed by atoms with van der Waals surface area (Å²) in [4.78, 5) is 14.3. The lowest BCUT2D eigenvalue weighted by atomic mass is 10.5. The maximum atomic E-state index is 10.3. The van der Waals surface area contributed by atoms with Gasteiger partial charge in [0.05, 0.1) is 0 Å². The lowest BCUT2D eigenvalue weighted by Crippen LogP contribution is -1.82. The number of anilines is 1. The Morgan fingerprint density at radius 3 is 2.85 bits per heavy atom. The van der Waals surface area contributed by atoms with E-state index >= 15 is 0 Å². The Hall–Kier alpha value is -1.34. The van der Waals surface area contributed by atoms with E-state index in [9.17, 15) is 4.79 Å². The molecule has 0 fully saturated rings. The number of rotatable bonds is 2. The highest BCUT2D eigenvalue weighted by Gasteiger charge is 2.08. The summed E-state index contributed by atoms with van der Waals surface area (Å²) in [5.41, 5.74) is 6.12. The molecule has 0 aliphatic rings. The van der Waals surface area contributed by atoms with Crippen molar-refractivity contribution in [1.82, 2.24) is 15.2 Å². The molecule has 0 aromatic carbocycles. The lowest BCUT2D eigenvalue weighted by molar-refractivity contribution is 0.112. The van der Waals surface area contributed by atoms with Crippen LogP contribution in [0, 0.1) is 0 Å². The van der Waals surface area contributed by atoms with Gasteiger partial charge in [0.2, 0.25) is 0 Å². The highest BCUT2D eigenvalue weighted by molar-refractivity contribution is 7.17. The first kappa shape index (κ1) is 8.27. The SMILES string of the molecule is Nc1nc(-c2nnc(C=O)s2)cs1. The second kappa shape index (κ2) is 3.19. The molecule has 0 spiro atoms. The molecule has 2 aromatic rings. The molecule has 0 saturated heterocycles. The van der Waals surface area contributed by atoms with Crippen molar-refractivity contribution in [3.8, 4) is 10.7 Å². The van der Waals surface area contributed by atoms with Crippen molar-refractivity contribution in [1.29, 1.82) is 0 Å². The van der Waals surface area contributed by atoms with E-state index in [1.807, 2.05) is 0 Å². The van der Waals surface area contributed by atoms with Crippen LogP contribution in [0.2, 0.25) is 0 Å². The van der Waals surface area contributed by atoms with Crippen molar-refractivity contribution in [2.45, 2.75) is 0 Å². The molecule has 0 aliphatic heterocycles. The predicted molar refractivity (Wildman–Crippen MR) is 50.8 cm³/mol. The van der Waals surface area contributed by atoms with E-state index in [-0.39, 0.29) is 0 Å². The van der Waals surface area contributed by atoms with Crippen LogP contribution in [-0.4, -0.2) is 21.5 Å². The Kier molecular flexibility index (Phi) is 2.03. The molecule has 0 amide bonds. The first-order valence-corrected chi connectivity index (χ1v) is 4.99. The normalized spacial score (nSPS) is 10.2. The number of carbonyl (C=O) groups is 1. The first-order chi connectivity index (χ1) is 6.29. The molecule has 2 heterocycles. The summed E-state index contributed by atoms with van der Waals surface area (Å²) in [5, 5.41) is 10.7. The fourth-order valence-corrected chi connectivity index (χ4v) is 2.01. The van der Waals surface area contributed by atoms with Gasteiger partial charge in [0, 0.05) is 5.38 Å². The number of aromatic nitrogens is 3. The van der Waals surface area contributed by atoms with E-state index in [2.05, 4.69) is 15.2 Å². The van der Waals surface area contributed by atoms with Gasteiger partial charge < -0.3 is 5.73 Å². The molecule has 2 aromatic heterocycles. The van der Waals surface area contributed by atoms with Gasteiger partial charge in [-0.1, -0.05) is 11.3 Å². The maximum absolute atomic E-state index is 10.3. The van der Waals surface area contributed by atoms with E-state index in [0.29, 0.717) is 27.1 Å². The summed E-state index contributed by atoms with van der Waals surface area (Å²) in [5.74, 6) is 0. The van der Waals surface area contributed by atoms with Crippen LogP contribution in [-0.2, 0) is 0 Å². The predicted octanol–water partition coefficient (Wildman–Crippen LogP) is 1.06. The molecule has 5 nitrogen and oxygen atoms in total. The summed E-state index contributed by atoms with van der Waals surface area (Å²) in [6.45, 7) is 0. The van der Waals surface area contributed by atoms with Gasteiger partial charge in [-0.3, -0.25) is 4.79 Å². The molecule has 2 rings (SSSR count). The van der Waals surface area contributed by atoms with Crippen molar-refractivity contribution >= 4 is 34.1 Å². The van der Waals surface area contributed by atoms with E-state index in [4.69, 9.17) is 5.73 Å². The zero-order valence-corrected chi connectivity index (χ0v) is 7.93. The molecule has 0 bridgehead atoms. The minimum absolute atomic E-state index is 0.349. The van der Waals surface area contributed by atoms with E-state index in [0.717, 1.165) is 0 Å². The monoisotopic (exact) mass is 212 g/mol.